The molecule has 0 fully saturated rings. The number of carbonyl (C=O) groups excluding carboxylic acids is 2. The summed E-state index contributed by atoms with van der Waals surface area (Å²) in [7, 11) is 0. The summed E-state index contributed by atoms with van der Waals surface area (Å²) >= 11 is 1.61. The number of nitrogens with one attached hydrogen (secondary N) is 1. The van der Waals surface area contributed by atoms with Gasteiger partial charge in [-0.25, -0.2) is 0 Å². The maximum atomic E-state index is 13.3. The Labute approximate surface area is 191 Å². The normalized spacial score (nSPS) is 11.7. The highest BCUT2D eigenvalue weighted by Crippen LogP contribution is 2.19. The van der Waals surface area contributed by atoms with Crippen molar-refractivity contribution in [2.75, 3.05) is 12.3 Å². The van der Waals surface area contributed by atoms with E-state index in [2.05, 4.69) is 37.4 Å². The van der Waals surface area contributed by atoms with Crippen molar-refractivity contribution in [3.63, 3.8) is 0 Å². The van der Waals surface area contributed by atoms with Gasteiger partial charge in [-0.05, 0) is 43.4 Å². The Bertz CT molecular complexity index is 853. The summed E-state index contributed by atoms with van der Waals surface area (Å²) in [6.07, 6.45) is 2.57. The van der Waals surface area contributed by atoms with Gasteiger partial charge in [0, 0.05) is 18.8 Å². The number of rotatable bonds is 12. The monoisotopic (exact) mass is 440 g/mol. The van der Waals surface area contributed by atoms with Gasteiger partial charge in [-0.1, -0.05) is 74.4 Å². The topological polar surface area (TPSA) is 49.4 Å². The van der Waals surface area contributed by atoms with Crippen LogP contribution in [0.5, 0.6) is 0 Å². The average Bonchev–Trinajstić information content (AvgIpc) is 2.75. The Hall–Kier alpha value is -2.27. The highest BCUT2D eigenvalue weighted by atomic mass is 32.2. The number of hydrogen-bond acceptors (Lipinski definition) is 3. The van der Waals surface area contributed by atoms with E-state index in [1.807, 2.05) is 44.2 Å². The third-order valence-corrected chi connectivity index (χ3v) is 6.36. The van der Waals surface area contributed by atoms with Crippen LogP contribution in [0.2, 0.25) is 0 Å². The van der Waals surface area contributed by atoms with E-state index in [1.54, 1.807) is 16.7 Å². The Morgan fingerprint density at radius 2 is 1.84 bits per heavy atom. The van der Waals surface area contributed by atoms with Gasteiger partial charge >= 0.3 is 0 Å². The Morgan fingerprint density at radius 1 is 1.06 bits per heavy atom. The first-order chi connectivity index (χ1) is 15.0. The summed E-state index contributed by atoms with van der Waals surface area (Å²) in [5.41, 5.74) is 4.69. The summed E-state index contributed by atoms with van der Waals surface area (Å²) < 4.78 is 0. The number of hydrogen-bond donors (Lipinski definition) is 1. The first kappa shape index (κ1) is 25.0. The molecule has 0 aromatic heterocycles. The average molecular weight is 441 g/mol. The van der Waals surface area contributed by atoms with Crippen LogP contribution in [0.15, 0.2) is 48.5 Å². The molecule has 0 saturated heterocycles. The SMILES string of the molecule is CCCCNC(=O)C(CC)N(Cc1cccc(C)c1)C(=O)CSCc1ccccc1C. The Kier molecular flexibility index (Phi) is 10.6. The van der Waals surface area contributed by atoms with Crippen LogP contribution in [0.1, 0.15) is 55.4 Å². The van der Waals surface area contributed by atoms with Crippen LogP contribution in [0.3, 0.4) is 0 Å². The van der Waals surface area contributed by atoms with Crippen LogP contribution in [0.25, 0.3) is 0 Å². The molecule has 5 heteroatoms. The zero-order valence-corrected chi connectivity index (χ0v) is 20.1. The van der Waals surface area contributed by atoms with Crippen LogP contribution in [0.4, 0.5) is 0 Å². The predicted octanol–water partition coefficient (Wildman–Crippen LogP) is 5.26. The molecule has 0 spiro atoms. The van der Waals surface area contributed by atoms with Gasteiger partial charge in [-0.3, -0.25) is 9.59 Å². The summed E-state index contributed by atoms with van der Waals surface area (Å²) in [5.74, 6) is 1.10. The second-order valence-corrected chi connectivity index (χ2v) is 8.98. The highest BCUT2D eigenvalue weighted by molar-refractivity contribution is 7.99. The molecule has 31 heavy (non-hydrogen) atoms. The van der Waals surface area contributed by atoms with Gasteiger partial charge in [0.1, 0.15) is 6.04 Å². The lowest BCUT2D eigenvalue weighted by molar-refractivity contribution is -0.139. The van der Waals surface area contributed by atoms with E-state index in [-0.39, 0.29) is 11.8 Å². The second kappa shape index (κ2) is 13.2. The van der Waals surface area contributed by atoms with Crippen molar-refractivity contribution >= 4 is 23.6 Å². The third kappa shape index (κ3) is 8.06. The van der Waals surface area contributed by atoms with Crippen molar-refractivity contribution < 1.29 is 9.59 Å². The molecule has 0 heterocycles. The van der Waals surface area contributed by atoms with Crippen molar-refractivity contribution in [3.05, 3.63) is 70.8 Å². The smallest absolute Gasteiger partial charge is 0.242 e. The fourth-order valence-electron chi connectivity index (χ4n) is 3.54. The van der Waals surface area contributed by atoms with E-state index in [9.17, 15) is 9.59 Å². The first-order valence-electron chi connectivity index (χ1n) is 11.2. The maximum Gasteiger partial charge on any atom is 0.242 e. The molecule has 168 valence electrons. The lowest BCUT2D eigenvalue weighted by Gasteiger charge is -2.30. The van der Waals surface area contributed by atoms with Crippen LogP contribution >= 0.6 is 11.8 Å². The summed E-state index contributed by atoms with van der Waals surface area (Å²) in [6.45, 7) is 9.31. The molecule has 0 radical (unpaired) electrons. The molecule has 2 amide bonds. The molecule has 1 N–H and O–H groups in total. The Balaban J connectivity index is 2.11. The molecule has 2 rings (SSSR count). The van der Waals surface area contributed by atoms with Crippen LogP contribution in [-0.2, 0) is 21.9 Å². The van der Waals surface area contributed by atoms with Crippen molar-refractivity contribution in [3.8, 4) is 0 Å². The molecule has 0 bridgehead atoms. The molecular formula is C26H36N2O2S. The standard InChI is InChI=1S/C26H36N2O2S/c1-5-7-15-27-26(30)24(6-2)28(17-22-13-10-11-20(3)16-22)25(29)19-31-18-23-14-9-8-12-21(23)4/h8-14,16,24H,5-7,15,17-19H2,1-4H3,(H,27,30). The second-order valence-electron chi connectivity index (χ2n) is 8.00. The zero-order valence-electron chi connectivity index (χ0n) is 19.3. The minimum Gasteiger partial charge on any atom is -0.354 e. The van der Waals surface area contributed by atoms with E-state index in [1.165, 1.54) is 11.1 Å². The van der Waals surface area contributed by atoms with E-state index in [0.29, 0.717) is 25.3 Å². The number of amides is 2. The molecule has 4 nitrogen and oxygen atoms in total. The van der Waals surface area contributed by atoms with Crippen LogP contribution < -0.4 is 5.32 Å². The maximum absolute atomic E-state index is 13.3. The lowest BCUT2D eigenvalue weighted by Crippen LogP contribution is -2.49. The molecular weight excluding hydrogens is 404 g/mol. The van der Waals surface area contributed by atoms with E-state index in [0.717, 1.165) is 29.7 Å². The number of aryl methyl sites for hydroxylation is 2. The highest BCUT2D eigenvalue weighted by Gasteiger charge is 2.28. The van der Waals surface area contributed by atoms with Gasteiger partial charge < -0.3 is 10.2 Å². The molecule has 1 unspecified atom stereocenters. The summed E-state index contributed by atoms with van der Waals surface area (Å²) in [4.78, 5) is 27.9. The quantitative estimate of drug-likeness (QED) is 0.458. The number of benzene rings is 2. The number of carbonyl (C=O) groups is 2. The van der Waals surface area contributed by atoms with Crippen molar-refractivity contribution in [2.45, 2.75) is 65.3 Å². The number of unbranched alkanes of at least 4 members (excludes halogenated alkanes) is 1. The van der Waals surface area contributed by atoms with E-state index in [4.69, 9.17) is 0 Å². The fourth-order valence-corrected chi connectivity index (χ4v) is 4.52. The minimum absolute atomic E-state index is 0.0116. The van der Waals surface area contributed by atoms with Gasteiger partial charge in [-0.2, -0.15) is 0 Å². The lowest BCUT2D eigenvalue weighted by atomic mass is 10.1. The van der Waals surface area contributed by atoms with Gasteiger partial charge in [0.15, 0.2) is 0 Å². The largest absolute Gasteiger partial charge is 0.354 e. The molecule has 2 aromatic rings. The first-order valence-corrected chi connectivity index (χ1v) is 12.4. The zero-order chi connectivity index (χ0) is 22.6. The number of nitrogens with zero attached hydrogens (tertiary/aromatic N) is 1. The summed E-state index contributed by atoms with van der Waals surface area (Å²) in [5, 5.41) is 3.02. The Morgan fingerprint density at radius 3 is 2.52 bits per heavy atom. The number of thioether (sulfide) groups is 1. The fraction of sp³-hybridized carbons (Fsp3) is 0.462. The molecule has 1 atom stereocenters. The van der Waals surface area contributed by atoms with Crippen molar-refractivity contribution in [1.82, 2.24) is 10.2 Å². The van der Waals surface area contributed by atoms with Gasteiger partial charge in [0.05, 0.1) is 5.75 Å². The van der Waals surface area contributed by atoms with E-state index < -0.39 is 6.04 Å². The van der Waals surface area contributed by atoms with Crippen molar-refractivity contribution in [1.29, 1.82) is 0 Å². The predicted molar refractivity (Wildman–Crippen MR) is 131 cm³/mol. The molecule has 0 aliphatic rings. The van der Waals surface area contributed by atoms with Crippen LogP contribution in [-0.4, -0.2) is 35.1 Å². The van der Waals surface area contributed by atoms with Crippen LogP contribution in [0, 0.1) is 13.8 Å². The molecule has 0 aliphatic heterocycles. The minimum atomic E-state index is -0.455. The van der Waals surface area contributed by atoms with E-state index >= 15 is 0 Å². The summed E-state index contributed by atoms with van der Waals surface area (Å²) in [6, 6.07) is 16.0. The molecule has 0 saturated carbocycles. The van der Waals surface area contributed by atoms with Gasteiger partial charge in [0.25, 0.3) is 0 Å². The van der Waals surface area contributed by atoms with Crippen molar-refractivity contribution in [2.24, 2.45) is 0 Å². The third-order valence-electron chi connectivity index (χ3n) is 5.40. The molecule has 0 aliphatic carbocycles. The van der Waals surface area contributed by atoms with Gasteiger partial charge in [-0.15, -0.1) is 11.8 Å². The van der Waals surface area contributed by atoms with Gasteiger partial charge in [0.2, 0.25) is 11.8 Å². The molecule has 2 aromatic carbocycles.